The Hall–Kier alpha value is -3.78. The second kappa shape index (κ2) is 19.1. The number of carbonyl (C=O) groups is 4. The van der Waals surface area contributed by atoms with Gasteiger partial charge in [0.05, 0.1) is 6.04 Å². The van der Waals surface area contributed by atoms with Crippen LogP contribution in [0.4, 0.5) is 0 Å². The molecule has 2 aromatic carbocycles. The average Bonchev–Trinajstić information content (AvgIpc) is 3.55. The molecule has 0 radical (unpaired) electrons. The highest BCUT2D eigenvalue weighted by Gasteiger charge is 2.37. The quantitative estimate of drug-likeness (QED) is 0.0894. The molecule has 3 rings (SSSR count). The van der Waals surface area contributed by atoms with E-state index in [1.54, 1.807) is 0 Å². The van der Waals surface area contributed by atoms with Crippen LogP contribution >= 0.6 is 0 Å². The van der Waals surface area contributed by atoms with Gasteiger partial charge in [0.15, 0.2) is 0 Å². The van der Waals surface area contributed by atoms with E-state index in [0.29, 0.717) is 51.6 Å². The van der Waals surface area contributed by atoms with Crippen LogP contribution in [0.3, 0.4) is 0 Å². The lowest BCUT2D eigenvalue weighted by atomic mass is 9.72. The molecule has 1 heterocycles. The van der Waals surface area contributed by atoms with Crippen LogP contribution in [-0.2, 0) is 32.0 Å². The fraction of sp³-hybridized carbons (Fsp3) is 0.529. The maximum absolute atomic E-state index is 13.8. The van der Waals surface area contributed by atoms with Crippen molar-refractivity contribution in [2.75, 3.05) is 19.6 Å². The molecule has 5 atom stereocenters. The summed E-state index contributed by atoms with van der Waals surface area (Å²) in [7, 11) is -1.53. The van der Waals surface area contributed by atoms with Crippen molar-refractivity contribution in [2.45, 2.75) is 88.8 Å². The molecule has 0 spiro atoms. The molecule has 0 aromatic heterocycles. The Kier molecular flexibility index (Phi) is 15.3. The number of nitrogens with zero attached hydrogens (tertiary/aromatic N) is 1. The smallest absolute Gasteiger partial charge is 0.427 e. The van der Waals surface area contributed by atoms with E-state index in [9.17, 15) is 29.2 Å². The van der Waals surface area contributed by atoms with E-state index in [1.807, 2.05) is 74.5 Å². The standard InChI is InChI=1S/C34H51BN6O6/c1-23(2)19-29(32(43)38-28(15-9-10-17-36)34(45)41-18-16-26(22-41)35(46)47)40-33(44)30(21-25-13-7-4-8-14-25)39-31(42)27(37)20-24-11-5-3-6-12-24/h3-8,11-14,23,26-30,46-47H,9-10,15-22,36-37H2,1-2H3,(H,38,43)(H,39,42)(H,40,44)/t26-,27-,28-,29-,30-/m1/s1. The molecule has 13 heteroatoms. The number of nitrogens with two attached hydrogens (primary N) is 2. The summed E-state index contributed by atoms with van der Waals surface area (Å²) in [6.07, 6.45) is 2.82. The molecule has 1 aliphatic heterocycles. The number of hydrogen-bond acceptors (Lipinski definition) is 8. The monoisotopic (exact) mass is 650 g/mol. The van der Waals surface area contributed by atoms with Crippen molar-refractivity contribution in [1.82, 2.24) is 20.9 Å². The summed E-state index contributed by atoms with van der Waals surface area (Å²) in [6, 6.07) is 14.8. The number of nitrogens with one attached hydrogen (secondary N) is 3. The maximum Gasteiger partial charge on any atom is 0.456 e. The van der Waals surface area contributed by atoms with Crippen molar-refractivity contribution in [3.05, 3.63) is 71.8 Å². The first kappa shape index (κ1) is 37.7. The van der Waals surface area contributed by atoms with Crippen molar-refractivity contribution >= 4 is 30.7 Å². The van der Waals surface area contributed by atoms with Gasteiger partial charge < -0.3 is 42.4 Å². The minimum atomic E-state index is -1.53. The third-order valence-corrected chi connectivity index (χ3v) is 8.41. The SMILES string of the molecule is CC(C)C[C@@H](NC(=O)[C@@H](Cc1ccccc1)NC(=O)[C@H](N)Cc1ccccc1)C(=O)N[C@H](CCCCN)C(=O)N1CC[C@@H](B(O)O)C1. The third-order valence-electron chi connectivity index (χ3n) is 8.41. The summed E-state index contributed by atoms with van der Waals surface area (Å²) in [5.74, 6) is -2.29. The Morgan fingerprint density at radius 3 is 1.94 bits per heavy atom. The first-order chi connectivity index (χ1) is 22.5. The van der Waals surface area contributed by atoms with Crippen molar-refractivity contribution in [3.63, 3.8) is 0 Å². The van der Waals surface area contributed by atoms with Crippen LogP contribution in [-0.4, -0.2) is 89.5 Å². The molecule has 9 N–H and O–H groups in total. The van der Waals surface area contributed by atoms with Gasteiger partial charge in [-0.3, -0.25) is 19.2 Å². The van der Waals surface area contributed by atoms with Crippen molar-refractivity contribution in [3.8, 4) is 0 Å². The first-order valence-corrected chi connectivity index (χ1v) is 16.6. The van der Waals surface area contributed by atoms with Crippen LogP contribution in [0, 0.1) is 5.92 Å². The molecule has 0 unspecified atom stereocenters. The number of rotatable bonds is 18. The van der Waals surface area contributed by atoms with E-state index in [0.717, 1.165) is 11.1 Å². The van der Waals surface area contributed by atoms with E-state index in [2.05, 4.69) is 16.0 Å². The molecular formula is C34H51BN6O6. The van der Waals surface area contributed by atoms with Crippen LogP contribution in [0.5, 0.6) is 0 Å². The van der Waals surface area contributed by atoms with Crippen LogP contribution in [0.1, 0.15) is 57.1 Å². The molecule has 4 amide bonds. The Balaban J connectivity index is 1.76. The number of likely N-dealkylation sites (tertiary alicyclic amines) is 1. The Bertz CT molecular complexity index is 1280. The Labute approximate surface area is 278 Å². The highest BCUT2D eigenvalue weighted by molar-refractivity contribution is 6.43. The van der Waals surface area contributed by atoms with Gasteiger partial charge in [-0.2, -0.15) is 0 Å². The van der Waals surface area contributed by atoms with Crippen molar-refractivity contribution < 1.29 is 29.2 Å². The topological polar surface area (TPSA) is 200 Å². The van der Waals surface area contributed by atoms with Gasteiger partial charge in [0, 0.05) is 25.3 Å². The molecule has 0 saturated carbocycles. The van der Waals surface area contributed by atoms with E-state index in [1.165, 1.54) is 4.90 Å². The lowest BCUT2D eigenvalue weighted by Crippen LogP contribution is -2.58. The molecule has 1 fully saturated rings. The second-order valence-electron chi connectivity index (χ2n) is 12.8. The van der Waals surface area contributed by atoms with Crippen molar-refractivity contribution in [2.24, 2.45) is 17.4 Å². The number of unbranched alkanes of at least 4 members (excludes halogenated alkanes) is 1. The molecular weight excluding hydrogens is 599 g/mol. The molecule has 0 bridgehead atoms. The zero-order valence-corrected chi connectivity index (χ0v) is 27.5. The number of carbonyl (C=O) groups excluding carboxylic acids is 4. The fourth-order valence-electron chi connectivity index (χ4n) is 5.75. The largest absolute Gasteiger partial charge is 0.456 e. The summed E-state index contributed by atoms with van der Waals surface area (Å²) < 4.78 is 0. The van der Waals surface area contributed by atoms with E-state index in [4.69, 9.17) is 11.5 Å². The van der Waals surface area contributed by atoms with Crippen LogP contribution in [0.15, 0.2) is 60.7 Å². The van der Waals surface area contributed by atoms with E-state index >= 15 is 0 Å². The van der Waals surface area contributed by atoms with Gasteiger partial charge in [-0.1, -0.05) is 74.5 Å². The van der Waals surface area contributed by atoms with Gasteiger partial charge in [-0.25, -0.2) is 0 Å². The highest BCUT2D eigenvalue weighted by atomic mass is 16.4. The van der Waals surface area contributed by atoms with Gasteiger partial charge in [0.25, 0.3) is 0 Å². The molecule has 47 heavy (non-hydrogen) atoms. The summed E-state index contributed by atoms with van der Waals surface area (Å²) in [5, 5.41) is 27.7. The molecule has 256 valence electrons. The molecule has 1 aliphatic rings. The molecule has 12 nitrogen and oxygen atoms in total. The van der Waals surface area contributed by atoms with Gasteiger partial charge in [0.2, 0.25) is 23.6 Å². The number of benzene rings is 2. The summed E-state index contributed by atoms with van der Waals surface area (Å²) >= 11 is 0. The van der Waals surface area contributed by atoms with E-state index in [-0.39, 0.29) is 24.8 Å². The number of hydrogen-bond donors (Lipinski definition) is 7. The molecule has 0 aliphatic carbocycles. The van der Waals surface area contributed by atoms with Gasteiger partial charge in [-0.15, -0.1) is 0 Å². The summed E-state index contributed by atoms with van der Waals surface area (Å²) in [4.78, 5) is 55.8. The third kappa shape index (κ3) is 12.4. The lowest BCUT2D eigenvalue weighted by molar-refractivity contribution is -0.137. The predicted molar refractivity (Wildman–Crippen MR) is 182 cm³/mol. The summed E-state index contributed by atoms with van der Waals surface area (Å²) in [6.45, 7) is 4.81. The predicted octanol–water partition coefficient (Wildman–Crippen LogP) is 0.504. The minimum absolute atomic E-state index is 0.0179. The lowest BCUT2D eigenvalue weighted by Gasteiger charge is -2.28. The Morgan fingerprint density at radius 2 is 1.38 bits per heavy atom. The van der Waals surface area contributed by atoms with E-state index < -0.39 is 54.8 Å². The second-order valence-corrected chi connectivity index (χ2v) is 12.8. The van der Waals surface area contributed by atoms with Crippen molar-refractivity contribution in [1.29, 1.82) is 0 Å². The molecule has 1 saturated heterocycles. The van der Waals surface area contributed by atoms with Gasteiger partial charge >= 0.3 is 7.12 Å². The van der Waals surface area contributed by atoms with Crippen LogP contribution in [0.2, 0.25) is 5.82 Å². The first-order valence-electron chi connectivity index (χ1n) is 16.6. The maximum atomic E-state index is 13.8. The highest BCUT2D eigenvalue weighted by Crippen LogP contribution is 2.24. The summed E-state index contributed by atoms with van der Waals surface area (Å²) in [5.41, 5.74) is 13.6. The minimum Gasteiger partial charge on any atom is -0.427 e. The van der Waals surface area contributed by atoms with Gasteiger partial charge in [-0.05, 0) is 62.1 Å². The zero-order valence-electron chi connectivity index (χ0n) is 27.5. The normalized spacial score (nSPS) is 17.0. The zero-order chi connectivity index (χ0) is 34.3. The van der Waals surface area contributed by atoms with Crippen LogP contribution < -0.4 is 27.4 Å². The fourth-order valence-corrected chi connectivity index (χ4v) is 5.75. The van der Waals surface area contributed by atoms with Crippen LogP contribution in [0.25, 0.3) is 0 Å². The molecule has 2 aromatic rings. The Morgan fingerprint density at radius 1 is 0.830 bits per heavy atom. The number of amides is 4. The average molecular weight is 651 g/mol. The van der Waals surface area contributed by atoms with Gasteiger partial charge in [0.1, 0.15) is 18.1 Å².